The van der Waals surface area contributed by atoms with Crippen LogP contribution in [0.2, 0.25) is 54.4 Å². The second-order valence-corrected chi connectivity index (χ2v) is 35.5. The van der Waals surface area contributed by atoms with Crippen LogP contribution in [0.4, 0.5) is 0 Å². The molecule has 2 rings (SSSR count). The number of carbonyl (C=O) groups excluding carboxylic acids is 1. The molecule has 332 valence electrons. The van der Waals surface area contributed by atoms with Crippen molar-refractivity contribution in [1.29, 1.82) is 0 Å². The van der Waals surface area contributed by atoms with E-state index >= 15 is 0 Å². The van der Waals surface area contributed by atoms with Crippen molar-refractivity contribution in [2.45, 2.75) is 174 Å². The number of amides is 1. The second kappa shape index (κ2) is 19.7. The van der Waals surface area contributed by atoms with Gasteiger partial charge in [0.1, 0.15) is 11.4 Å². The molecule has 57 heavy (non-hydrogen) atoms. The summed E-state index contributed by atoms with van der Waals surface area (Å²) in [5.41, 5.74) is 0.246. The SMILES string of the molecule is COc1ccc(COC[C@H](C)[C@H]2OC2(C)[C@@H](O[Si](C)(C)C(C)(C)C)[C@@H](CO[Si](C)(C)C(C)(C)C)[C@H](O)[C@H](CO[Si](C)(C)C(C)(C)C)[C@H](O)CC(=O)N(C)OC)cc1. The molecular weight excluding hydrogens is 775 g/mol. The highest BCUT2D eigenvalue weighted by atomic mass is 28.4. The number of aliphatic hydroxyl groups is 2. The van der Waals surface area contributed by atoms with Crippen LogP contribution in [-0.2, 0) is 39.0 Å². The lowest BCUT2D eigenvalue weighted by atomic mass is 9.78. The van der Waals surface area contributed by atoms with Gasteiger partial charge < -0.3 is 37.7 Å². The van der Waals surface area contributed by atoms with Crippen molar-refractivity contribution in [2.24, 2.45) is 17.8 Å². The van der Waals surface area contributed by atoms with E-state index in [1.54, 1.807) is 7.11 Å². The third-order valence-corrected chi connectivity index (χ3v) is 27.1. The summed E-state index contributed by atoms with van der Waals surface area (Å²) in [4.78, 5) is 18.4. The van der Waals surface area contributed by atoms with Crippen LogP contribution in [0.15, 0.2) is 24.3 Å². The number of rotatable bonds is 22. The number of aliphatic hydroxyl groups excluding tert-OH is 2. The van der Waals surface area contributed by atoms with Crippen LogP contribution in [0.25, 0.3) is 0 Å². The largest absolute Gasteiger partial charge is 0.497 e. The van der Waals surface area contributed by atoms with E-state index in [0.29, 0.717) is 13.2 Å². The molecule has 1 fully saturated rings. The fourth-order valence-electron chi connectivity index (χ4n) is 6.17. The lowest BCUT2D eigenvalue weighted by molar-refractivity contribution is -0.173. The van der Waals surface area contributed by atoms with Crippen molar-refractivity contribution in [3.05, 3.63) is 29.8 Å². The van der Waals surface area contributed by atoms with Gasteiger partial charge in [-0.3, -0.25) is 9.63 Å². The predicted octanol–water partition coefficient (Wildman–Crippen LogP) is 8.80. The normalized spacial score (nSPS) is 21.7. The highest BCUT2D eigenvalue weighted by Gasteiger charge is 2.65. The van der Waals surface area contributed by atoms with E-state index in [9.17, 15) is 15.0 Å². The minimum atomic E-state index is -2.52. The Hall–Kier alpha value is -1.18. The van der Waals surface area contributed by atoms with Gasteiger partial charge in [-0.2, -0.15) is 0 Å². The number of epoxide rings is 1. The minimum absolute atomic E-state index is 0.00312. The number of carbonyl (C=O) groups is 1. The zero-order chi connectivity index (χ0) is 44.2. The van der Waals surface area contributed by atoms with E-state index in [2.05, 4.69) is 115 Å². The first-order valence-corrected chi connectivity index (χ1v) is 29.5. The van der Waals surface area contributed by atoms with E-state index in [1.165, 1.54) is 14.2 Å². The van der Waals surface area contributed by atoms with E-state index in [1.807, 2.05) is 24.3 Å². The quantitative estimate of drug-likeness (QED) is 0.0664. The Balaban J connectivity index is 2.68. The van der Waals surface area contributed by atoms with Crippen molar-refractivity contribution >= 4 is 30.9 Å². The molecule has 0 bridgehead atoms. The Morgan fingerprint density at radius 2 is 1.28 bits per heavy atom. The molecule has 1 unspecified atom stereocenters. The smallest absolute Gasteiger partial charge is 0.248 e. The zero-order valence-corrected chi connectivity index (χ0v) is 42.5. The van der Waals surface area contributed by atoms with E-state index < -0.39 is 66.6 Å². The molecule has 0 saturated carbocycles. The summed E-state index contributed by atoms with van der Waals surface area (Å²) in [6.07, 6.45) is -3.53. The Labute approximate surface area is 350 Å². The number of hydrogen-bond donors (Lipinski definition) is 2. The average molecular weight is 858 g/mol. The molecular formula is C43H83NO10Si3. The number of hydrogen-bond acceptors (Lipinski definition) is 10. The average Bonchev–Trinajstić information content (AvgIpc) is 3.78. The first-order valence-electron chi connectivity index (χ1n) is 20.8. The number of hydroxylamine groups is 2. The molecule has 1 aliphatic rings. The summed E-state index contributed by atoms with van der Waals surface area (Å²) in [5.74, 6) is -1.10. The lowest BCUT2D eigenvalue weighted by Crippen LogP contribution is -2.58. The summed E-state index contributed by atoms with van der Waals surface area (Å²) >= 11 is 0. The zero-order valence-electron chi connectivity index (χ0n) is 39.5. The highest BCUT2D eigenvalue weighted by Crippen LogP contribution is 2.52. The van der Waals surface area contributed by atoms with Crippen molar-refractivity contribution in [3.8, 4) is 5.75 Å². The molecule has 0 radical (unpaired) electrons. The molecule has 0 spiro atoms. The van der Waals surface area contributed by atoms with Gasteiger partial charge >= 0.3 is 0 Å². The van der Waals surface area contributed by atoms with Crippen LogP contribution >= 0.6 is 0 Å². The molecule has 2 N–H and O–H groups in total. The van der Waals surface area contributed by atoms with Crippen LogP contribution in [-0.4, -0.2) is 117 Å². The summed E-state index contributed by atoms with van der Waals surface area (Å²) < 4.78 is 39.5. The van der Waals surface area contributed by atoms with Gasteiger partial charge in [-0.05, 0) is 79.0 Å². The fourth-order valence-corrected chi connectivity index (χ4v) is 9.65. The molecule has 1 saturated heterocycles. The summed E-state index contributed by atoms with van der Waals surface area (Å²) in [6.45, 7) is 38.2. The summed E-state index contributed by atoms with van der Waals surface area (Å²) in [7, 11) is -2.66. The molecule has 8 atom stereocenters. The third-order valence-electron chi connectivity index (χ3n) is 13.7. The molecule has 1 aromatic rings. The predicted molar refractivity (Wildman–Crippen MR) is 237 cm³/mol. The Bertz CT molecular complexity index is 1410. The highest BCUT2D eigenvalue weighted by molar-refractivity contribution is 6.75. The summed E-state index contributed by atoms with van der Waals surface area (Å²) in [6, 6.07) is 7.85. The molecule has 11 nitrogen and oxygen atoms in total. The molecule has 0 aromatic heterocycles. The first kappa shape index (κ1) is 52.0. The Morgan fingerprint density at radius 3 is 1.72 bits per heavy atom. The number of benzene rings is 1. The molecule has 1 heterocycles. The summed E-state index contributed by atoms with van der Waals surface area (Å²) in [5, 5.41) is 25.6. The van der Waals surface area contributed by atoms with Crippen LogP contribution in [0.5, 0.6) is 5.75 Å². The monoisotopic (exact) mass is 858 g/mol. The maximum absolute atomic E-state index is 13.2. The maximum atomic E-state index is 13.2. The van der Waals surface area contributed by atoms with Gasteiger partial charge in [-0.25, -0.2) is 5.06 Å². The topological polar surface area (TPSA) is 129 Å². The maximum Gasteiger partial charge on any atom is 0.248 e. The molecule has 1 aromatic carbocycles. The molecule has 1 amide bonds. The number of methoxy groups -OCH3 is 1. The van der Waals surface area contributed by atoms with Crippen LogP contribution in [0, 0.1) is 17.8 Å². The molecule has 1 aliphatic heterocycles. The molecule has 0 aliphatic carbocycles. The van der Waals surface area contributed by atoms with Gasteiger partial charge in [-0.15, -0.1) is 0 Å². The van der Waals surface area contributed by atoms with E-state index in [-0.39, 0.29) is 46.8 Å². The van der Waals surface area contributed by atoms with Gasteiger partial charge in [0.2, 0.25) is 5.91 Å². The first-order chi connectivity index (χ1) is 25.8. The van der Waals surface area contributed by atoms with Crippen molar-refractivity contribution in [3.63, 3.8) is 0 Å². The van der Waals surface area contributed by atoms with Crippen molar-refractivity contribution in [2.75, 3.05) is 41.1 Å². The minimum Gasteiger partial charge on any atom is -0.497 e. The van der Waals surface area contributed by atoms with Gasteiger partial charge in [0.15, 0.2) is 25.0 Å². The van der Waals surface area contributed by atoms with Gasteiger partial charge in [0, 0.05) is 38.0 Å². The van der Waals surface area contributed by atoms with Crippen LogP contribution in [0.3, 0.4) is 0 Å². The third kappa shape index (κ3) is 13.7. The fraction of sp³-hybridized carbons (Fsp3) is 0.837. The Morgan fingerprint density at radius 1 is 0.807 bits per heavy atom. The Kier molecular flexibility index (Phi) is 17.9. The van der Waals surface area contributed by atoms with Crippen molar-refractivity contribution in [1.82, 2.24) is 5.06 Å². The van der Waals surface area contributed by atoms with Gasteiger partial charge in [-0.1, -0.05) is 81.4 Å². The number of nitrogens with zero attached hydrogens (tertiary/aromatic N) is 1. The number of ether oxygens (including phenoxy) is 3. The van der Waals surface area contributed by atoms with Gasteiger partial charge in [0.05, 0.1) is 58.3 Å². The van der Waals surface area contributed by atoms with Crippen LogP contribution < -0.4 is 4.74 Å². The van der Waals surface area contributed by atoms with Crippen molar-refractivity contribution < 1.29 is 47.3 Å². The standard InChI is InChI=1S/C43H83NO10Si3/c1-30(26-50-27-31-21-23-32(48-13)24-22-31)38-43(11,53-38)39(54-57(19,20)42(8,9)10)34(29-52-56(17,18)41(5,6)7)37(47)33(28-51-55(15,16)40(2,3)4)35(45)25-36(46)44(12)49-14/h21-24,30,33-35,37-39,45,47H,25-29H2,1-20H3/t30-,33+,34-,35+,37+,38+,39-,43?/m0/s1. The lowest BCUT2D eigenvalue weighted by Gasteiger charge is -2.47. The van der Waals surface area contributed by atoms with E-state index in [4.69, 9.17) is 32.3 Å². The van der Waals surface area contributed by atoms with Gasteiger partial charge in [0.25, 0.3) is 0 Å². The van der Waals surface area contributed by atoms with Crippen LogP contribution in [0.1, 0.15) is 88.1 Å². The molecule has 14 heteroatoms. The van der Waals surface area contributed by atoms with E-state index in [0.717, 1.165) is 16.4 Å². The second-order valence-electron chi connectivity index (χ2n) is 21.2.